The summed E-state index contributed by atoms with van der Waals surface area (Å²) < 4.78 is 30.0. The van der Waals surface area contributed by atoms with Gasteiger partial charge in [-0.1, -0.05) is 55.0 Å². The van der Waals surface area contributed by atoms with E-state index in [0.29, 0.717) is 4.90 Å². The summed E-state index contributed by atoms with van der Waals surface area (Å²) in [4.78, 5) is 42.5. The van der Waals surface area contributed by atoms with E-state index in [9.17, 15) is 18.6 Å². The van der Waals surface area contributed by atoms with E-state index in [1.165, 1.54) is 26.3 Å². The summed E-state index contributed by atoms with van der Waals surface area (Å²) in [6.45, 7) is 8.35. The lowest BCUT2D eigenvalue weighted by Crippen LogP contribution is -2.29. The highest BCUT2D eigenvalue weighted by Crippen LogP contribution is 2.33. The van der Waals surface area contributed by atoms with Gasteiger partial charge in [-0.15, -0.1) is 0 Å². The number of ketones is 1. The van der Waals surface area contributed by atoms with Crippen LogP contribution in [0.4, 0.5) is 0 Å². The highest BCUT2D eigenvalue weighted by Gasteiger charge is 2.32. The first-order valence-electron chi connectivity index (χ1n) is 12.5. The van der Waals surface area contributed by atoms with Crippen LogP contribution in [0.1, 0.15) is 59.6 Å². The van der Waals surface area contributed by atoms with Crippen LogP contribution < -0.4 is 9.47 Å². The predicted octanol–water partition coefficient (Wildman–Crippen LogP) is 5.32. The van der Waals surface area contributed by atoms with Crippen LogP contribution >= 0.6 is 0 Å². The summed E-state index contributed by atoms with van der Waals surface area (Å²) in [5, 5.41) is -0.630. The standard InChI is InChI=1S/C30H33NO7S/c1-18-12-13-26(19(2)16-18)39(35)29(23-10-8-7-9-11-23)21(4)37-30(34)20(3)17-24(33)27-28(38-22(5)32)25(36-6)14-15-31-27/h7-16,20-21,29H,17H2,1-6H3/t20-,21+,29+,39?/m1/s1. The van der Waals surface area contributed by atoms with Gasteiger partial charge in [0.05, 0.1) is 23.8 Å². The maximum absolute atomic E-state index is 13.8. The maximum Gasteiger partial charge on any atom is 0.309 e. The molecule has 0 spiro atoms. The molecule has 3 aromatic rings. The minimum absolute atomic E-state index is 0.0977. The van der Waals surface area contributed by atoms with E-state index < -0.39 is 45.8 Å². The zero-order valence-electron chi connectivity index (χ0n) is 22.9. The molecule has 0 N–H and O–H groups in total. The van der Waals surface area contributed by atoms with Crippen molar-refractivity contribution in [2.45, 2.75) is 57.3 Å². The molecule has 2 aromatic carbocycles. The molecule has 4 atom stereocenters. The molecule has 0 aliphatic heterocycles. The monoisotopic (exact) mass is 551 g/mol. The minimum atomic E-state index is -1.52. The van der Waals surface area contributed by atoms with Gasteiger partial charge in [-0.3, -0.25) is 18.6 Å². The highest BCUT2D eigenvalue weighted by atomic mass is 32.2. The number of esters is 2. The topological polar surface area (TPSA) is 109 Å². The SMILES string of the molecule is COc1ccnc(C(=O)C[C@@H](C)C(=O)O[C@@H](C)[C@@H](c2ccccc2)S(=O)c2ccc(C)cc2C)c1OC(C)=O. The Morgan fingerprint density at radius 2 is 1.69 bits per heavy atom. The van der Waals surface area contributed by atoms with Gasteiger partial charge in [-0.05, 0) is 38.0 Å². The third kappa shape index (κ3) is 7.38. The Kier molecular flexibility index (Phi) is 10.1. The molecule has 0 fully saturated rings. The van der Waals surface area contributed by atoms with Crippen LogP contribution in [0, 0.1) is 19.8 Å². The van der Waals surface area contributed by atoms with Gasteiger partial charge in [-0.2, -0.15) is 0 Å². The molecule has 0 saturated carbocycles. The Balaban J connectivity index is 1.81. The summed E-state index contributed by atoms with van der Waals surface area (Å²) in [5.41, 5.74) is 2.60. The molecule has 1 aromatic heterocycles. The average Bonchev–Trinajstić information content (AvgIpc) is 2.89. The van der Waals surface area contributed by atoms with E-state index in [4.69, 9.17) is 14.2 Å². The van der Waals surface area contributed by atoms with Gasteiger partial charge in [0.1, 0.15) is 11.4 Å². The first-order chi connectivity index (χ1) is 18.5. The van der Waals surface area contributed by atoms with E-state index in [1.54, 1.807) is 13.8 Å². The van der Waals surface area contributed by atoms with Crippen LogP contribution in [0.15, 0.2) is 65.7 Å². The molecule has 0 aliphatic carbocycles. The van der Waals surface area contributed by atoms with Crippen molar-refractivity contribution in [3.8, 4) is 11.5 Å². The highest BCUT2D eigenvalue weighted by molar-refractivity contribution is 7.85. The summed E-state index contributed by atoms with van der Waals surface area (Å²) in [5.74, 6) is -2.54. The van der Waals surface area contributed by atoms with Crippen molar-refractivity contribution in [1.29, 1.82) is 0 Å². The van der Waals surface area contributed by atoms with E-state index in [1.807, 2.05) is 62.4 Å². The first kappa shape index (κ1) is 29.7. The quantitative estimate of drug-likeness (QED) is 0.233. The lowest BCUT2D eigenvalue weighted by molar-refractivity contribution is -0.152. The van der Waals surface area contributed by atoms with Crippen molar-refractivity contribution in [2.75, 3.05) is 7.11 Å². The molecule has 1 heterocycles. The van der Waals surface area contributed by atoms with Crippen LogP contribution in [-0.4, -0.2) is 40.1 Å². The first-order valence-corrected chi connectivity index (χ1v) is 13.7. The van der Waals surface area contributed by atoms with E-state index in [2.05, 4.69) is 4.98 Å². The van der Waals surface area contributed by atoms with Crippen molar-refractivity contribution >= 4 is 28.5 Å². The second-order valence-corrected chi connectivity index (χ2v) is 10.9. The predicted molar refractivity (Wildman–Crippen MR) is 147 cm³/mol. The smallest absolute Gasteiger partial charge is 0.309 e. The van der Waals surface area contributed by atoms with Crippen molar-refractivity contribution in [1.82, 2.24) is 4.98 Å². The molecule has 206 valence electrons. The maximum atomic E-state index is 13.8. The number of carbonyl (C=O) groups is 3. The van der Waals surface area contributed by atoms with Crippen LogP contribution in [-0.2, 0) is 25.1 Å². The van der Waals surface area contributed by atoms with Crippen molar-refractivity contribution < 1.29 is 32.8 Å². The number of methoxy groups -OCH3 is 1. The Hall–Kier alpha value is -3.85. The molecule has 1 unspecified atom stereocenters. The largest absolute Gasteiger partial charge is 0.493 e. The number of pyridine rings is 1. The number of benzene rings is 2. The molecule has 0 saturated heterocycles. The zero-order chi connectivity index (χ0) is 28.7. The summed E-state index contributed by atoms with van der Waals surface area (Å²) in [6.07, 6.45) is 0.359. The molecule has 0 amide bonds. The molecular weight excluding hydrogens is 518 g/mol. The second-order valence-electron chi connectivity index (χ2n) is 9.35. The number of aromatic nitrogens is 1. The van der Waals surface area contributed by atoms with Gasteiger partial charge in [0.2, 0.25) is 5.75 Å². The minimum Gasteiger partial charge on any atom is -0.493 e. The summed E-state index contributed by atoms with van der Waals surface area (Å²) >= 11 is 0. The molecule has 3 rings (SSSR count). The fourth-order valence-corrected chi connectivity index (χ4v) is 5.88. The Morgan fingerprint density at radius 3 is 2.31 bits per heavy atom. The Labute approximate surface area is 231 Å². The van der Waals surface area contributed by atoms with Gasteiger partial charge < -0.3 is 14.2 Å². The van der Waals surface area contributed by atoms with Crippen LogP contribution in [0.25, 0.3) is 0 Å². The number of rotatable bonds is 11. The summed E-state index contributed by atoms with van der Waals surface area (Å²) in [6, 6.07) is 16.4. The van der Waals surface area contributed by atoms with E-state index in [0.717, 1.165) is 16.7 Å². The lowest BCUT2D eigenvalue weighted by atomic mass is 10.0. The Morgan fingerprint density at radius 1 is 1.00 bits per heavy atom. The number of carbonyl (C=O) groups excluding carboxylic acids is 3. The van der Waals surface area contributed by atoms with Crippen molar-refractivity contribution in [3.05, 3.63) is 83.2 Å². The zero-order valence-corrected chi connectivity index (χ0v) is 23.7. The number of Topliss-reactive ketones (excluding diaryl/α,β-unsaturated/α-hetero) is 1. The van der Waals surface area contributed by atoms with Crippen LogP contribution in [0.5, 0.6) is 11.5 Å². The number of ether oxygens (including phenoxy) is 3. The Bertz CT molecular complexity index is 1370. The molecule has 0 radical (unpaired) electrons. The summed E-state index contributed by atoms with van der Waals surface area (Å²) in [7, 11) is -0.143. The fraction of sp³-hybridized carbons (Fsp3) is 0.333. The normalized spacial score (nSPS) is 14.0. The fourth-order valence-electron chi connectivity index (χ4n) is 4.22. The number of aryl methyl sites for hydroxylation is 2. The van der Waals surface area contributed by atoms with Crippen LogP contribution in [0.2, 0.25) is 0 Å². The number of hydrogen-bond donors (Lipinski definition) is 0. The van der Waals surface area contributed by atoms with Crippen molar-refractivity contribution in [3.63, 3.8) is 0 Å². The van der Waals surface area contributed by atoms with Gasteiger partial charge >= 0.3 is 11.9 Å². The lowest BCUT2D eigenvalue weighted by Gasteiger charge is -2.26. The second kappa shape index (κ2) is 13.3. The van der Waals surface area contributed by atoms with Gasteiger partial charge in [0, 0.05) is 30.5 Å². The molecule has 0 aliphatic rings. The van der Waals surface area contributed by atoms with Crippen molar-refractivity contribution in [2.24, 2.45) is 5.92 Å². The molecular formula is C30H33NO7S. The number of hydrogen-bond acceptors (Lipinski definition) is 8. The molecule has 39 heavy (non-hydrogen) atoms. The van der Waals surface area contributed by atoms with Gasteiger partial charge in [0.25, 0.3) is 0 Å². The molecule has 9 heteroatoms. The van der Waals surface area contributed by atoms with Crippen LogP contribution in [0.3, 0.4) is 0 Å². The van der Waals surface area contributed by atoms with Gasteiger partial charge in [-0.25, -0.2) is 4.98 Å². The van der Waals surface area contributed by atoms with Gasteiger partial charge in [0.15, 0.2) is 17.2 Å². The third-order valence-corrected chi connectivity index (χ3v) is 8.13. The van der Waals surface area contributed by atoms with E-state index >= 15 is 0 Å². The molecule has 8 nitrogen and oxygen atoms in total. The number of nitrogens with zero attached hydrogens (tertiary/aromatic N) is 1. The average molecular weight is 552 g/mol. The van der Waals surface area contributed by atoms with E-state index in [-0.39, 0.29) is 23.6 Å². The third-order valence-electron chi connectivity index (χ3n) is 6.13. The molecule has 0 bridgehead atoms.